The third-order valence-electron chi connectivity index (χ3n) is 1.92. The molecule has 0 aromatic carbocycles. The summed E-state index contributed by atoms with van der Waals surface area (Å²) in [5.41, 5.74) is 6.32. The Kier molecular flexibility index (Phi) is 6.46. The standard InChI is InChI=1S/C10H12F3N3O.ClH/c11-10(12,13)3-4-15-9(17)5-8-2-1-7(14)6-16-8;/h1-2,6H,3-5,14H2,(H,15,17);1H. The topological polar surface area (TPSA) is 68.0 Å². The van der Waals surface area contributed by atoms with E-state index in [1.54, 1.807) is 12.1 Å². The van der Waals surface area contributed by atoms with Gasteiger partial charge in [0.05, 0.1) is 24.7 Å². The minimum atomic E-state index is -4.26. The van der Waals surface area contributed by atoms with Crippen LogP contribution in [-0.2, 0) is 11.2 Å². The van der Waals surface area contributed by atoms with Crippen molar-refractivity contribution >= 4 is 24.0 Å². The lowest BCUT2D eigenvalue weighted by molar-refractivity contribution is -0.135. The third kappa shape index (κ3) is 6.95. The first-order chi connectivity index (χ1) is 7.87. The lowest BCUT2D eigenvalue weighted by Gasteiger charge is -2.07. The number of carbonyl (C=O) groups excluding carboxylic acids is 1. The van der Waals surface area contributed by atoms with Crippen LogP contribution >= 0.6 is 12.4 Å². The first kappa shape index (κ1) is 16.5. The Labute approximate surface area is 108 Å². The number of nitrogens with two attached hydrogens (primary N) is 1. The monoisotopic (exact) mass is 283 g/mol. The van der Waals surface area contributed by atoms with Gasteiger partial charge in [-0.05, 0) is 12.1 Å². The van der Waals surface area contributed by atoms with Crippen LogP contribution in [0.4, 0.5) is 18.9 Å². The summed E-state index contributed by atoms with van der Waals surface area (Å²) in [6.45, 7) is -0.419. The number of pyridine rings is 1. The summed E-state index contributed by atoms with van der Waals surface area (Å²) in [6, 6.07) is 3.13. The van der Waals surface area contributed by atoms with Crippen LogP contribution in [0.3, 0.4) is 0 Å². The quantitative estimate of drug-likeness (QED) is 0.884. The van der Waals surface area contributed by atoms with Gasteiger partial charge in [0.2, 0.25) is 5.91 Å². The van der Waals surface area contributed by atoms with E-state index in [2.05, 4.69) is 10.3 Å². The molecule has 0 spiro atoms. The van der Waals surface area contributed by atoms with E-state index < -0.39 is 25.0 Å². The highest BCUT2D eigenvalue weighted by molar-refractivity contribution is 5.85. The van der Waals surface area contributed by atoms with Gasteiger partial charge in [-0.1, -0.05) is 0 Å². The Hall–Kier alpha value is -1.50. The molecule has 8 heteroatoms. The van der Waals surface area contributed by atoms with Crippen molar-refractivity contribution in [1.82, 2.24) is 10.3 Å². The number of carbonyl (C=O) groups is 1. The van der Waals surface area contributed by atoms with E-state index in [1.807, 2.05) is 0 Å². The molecule has 1 aromatic heterocycles. The maximum atomic E-state index is 11.8. The maximum Gasteiger partial charge on any atom is 0.390 e. The average molecular weight is 284 g/mol. The van der Waals surface area contributed by atoms with E-state index in [1.165, 1.54) is 6.20 Å². The van der Waals surface area contributed by atoms with E-state index in [9.17, 15) is 18.0 Å². The molecule has 3 N–H and O–H groups in total. The molecular weight excluding hydrogens is 271 g/mol. The number of halogens is 4. The predicted molar refractivity (Wildman–Crippen MR) is 63.3 cm³/mol. The zero-order valence-corrected chi connectivity index (χ0v) is 10.1. The van der Waals surface area contributed by atoms with Crippen LogP contribution in [-0.4, -0.2) is 23.6 Å². The van der Waals surface area contributed by atoms with Gasteiger partial charge in [-0.2, -0.15) is 13.2 Å². The molecule has 0 unspecified atom stereocenters. The summed E-state index contributed by atoms with van der Waals surface area (Å²) in [7, 11) is 0. The number of hydrogen-bond donors (Lipinski definition) is 2. The highest BCUT2D eigenvalue weighted by Crippen LogP contribution is 2.18. The van der Waals surface area contributed by atoms with Crippen LogP contribution in [0.1, 0.15) is 12.1 Å². The first-order valence-electron chi connectivity index (χ1n) is 4.91. The Morgan fingerprint density at radius 1 is 1.39 bits per heavy atom. The lowest BCUT2D eigenvalue weighted by atomic mass is 10.2. The number of anilines is 1. The highest BCUT2D eigenvalue weighted by Gasteiger charge is 2.26. The zero-order valence-electron chi connectivity index (χ0n) is 9.33. The molecule has 0 bridgehead atoms. The van der Waals surface area contributed by atoms with Crippen LogP contribution in [0.2, 0.25) is 0 Å². The molecule has 18 heavy (non-hydrogen) atoms. The summed E-state index contributed by atoms with van der Waals surface area (Å²) >= 11 is 0. The number of nitrogens with one attached hydrogen (secondary N) is 1. The molecular formula is C10H13ClF3N3O. The summed E-state index contributed by atoms with van der Waals surface area (Å²) in [4.78, 5) is 15.1. The molecule has 1 rings (SSSR count). The number of nitrogen functional groups attached to an aromatic ring is 1. The number of alkyl halides is 3. The Balaban J connectivity index is 0.00000289. The molecule has 0 radical (unpaired) electrons. The number of aromatic nitrogens is 1. The fraction of sp³-hybridized carbons (Fsp3) is 0.400. The largest absolute Gasteiger partial charge is 0.397 e. The normalized spacial score (nSPS) is 10.6. The van der Waals surface area contributed by atoms with Crippen molar-refractivity contribution in [1.29, 1.82) is 0 Å². The lowest BCUT2D eigenvalue weighted by Crippen LogP contribution is -2.29. The summed E-state index contributed by atoms with van der Waals surface area (Å²) < 4.78 is 35.4. The van der Waals surface area contributed by atoms with E-state index in [4.69, 9.17) is 5.73 Å². The van der Waals surface area contributed by atoms with Gasteiger partial charge < -0.3 is 11.1 Å². The van der Waals surface area contributed by atoms with E-state index in [-0.39, 0.29) is 18.8 Å². The predicted octanol–water partition coefficient (Wildman–Crippen LogP) is 1.70. The maximum absolute atomic E-state index is 11.8. The average Bonchev–Trinajstić information content (AvgIpc) is 2.19. The second-order valence-corrected chi connectivity index (χ2v) is 3.47. The fourth-order valence-electron chi connectivity index (χ4n) is 1.11. The molecule has 4 nitrogen and oxygen atoms in total. The number of hydrogen-bond acceptors (Lipinski definition) is 3. The zero-order chi connectivity index (χ0) is 12.9. The van der Waals surface area contributed by atoms with Crippen molar-refractivity contribution in [2.24, 2.45) is 0 Å². The van der Waals surface area contributed by atoms with Gasteiger partial charge in [0.25, 0.3) is 0 Å². The molecule has 0 aliphatic carbocycles. The van der Waals surface area contributed by atoms with E-state index in [0.29, 0.717) is 11.4 Å². The van der Waals surface area contributed by atoms with Crippen molar-refractivity contribution in [3.63, 3.8) is 0 Å². The molecule has 0 saturated heterocycles. The molecule has 1 heterocycles. The smallest absolute Gasteiger partial charge is 0.390 e. The third-order valence-corrected chi connectivity index (χ3v) is 1.92. The Morgan fingerprint density at radius 2 is 2.06 bits per heavy atom. The Bertz CT molecular complexity index is 381. The first-order valence-corrected chi connectivity index (χ1v) is 4.91. The molecule has 0 aliphatic heterocycles. The van der Waals surface area contributed by atoms with Crippen molar-refractivity contribution < 1.29 is 18.0 Å². The molecule has 0 aliphatic rings. The van der Waals surface area contributed by atoms with Crippen molar-refractivity contribution in [3.05, 3.63) is 24.0 Å². The fourth-order valence-corrected chi connectivity index (χ4v) is 1.11. The van der Waals surface area contributed by atoms with Crippen LogP contribution in [0.5, 0.6) is 0 Å². The van der Waals surface area contributed by atoms with Crippen LogP contribution < -0.4 is 11.1 Å². The molecule has 0 saturated carbocycles. The summed E-state index contributed by atoms with van der Waals surface area (Å²) in [5, 5.41) is 2.17. The van der Waals surface area contributed by atoms with Gasteiger partial charge >= 0.3 is 6.18 Å². The van der Waals surface area contributed by atoms with Gasteiger partial charge in [0.15, 0.2) is 0 Å². The second-order valence-electron chi connectivity index (χ2n) is 3.47. The van der Waals surface area contributed by atoms with Crippen molar-refractivity contribution in [2.45, 2.75) is 19.0 Å². The molecule has 0 atom stereocenters. The minimum Gasteiger partial charge on any atom is -0.397 e. The minimum absolute atomic E-state index is 0. The summed E-state index contributed by atoms with van der Waals surface area (Å²) in [5.74, 6) is -0.494. The molecule has 1 amide bonds. The molecule has 0 fully saturated rings. The van der Waals surface area contributed by atoms with Crippen LogP contribution in [0, 0.1) is 0 Å². The van der Waals surface area contributed by atoms with Gasteiger partial charge in [0, 0.05) is 12.2 Å². The number of amides is 1. The summed E-state index contributed by atoms with van der Waals surface area (Å²) in [6.07, 6.45) is -3.96. The second kappa shape index (κ2) is 7.05. The SMILES string of the molecule is Cl.Nc1ccc(CC(=O)NCCC(F)(F)F)nc1. The van der Waals surface area contributed by atoms with Gasteiger partial charge in [-0.25, -0.2) is 0 Å². The number of rotatable bonds is 4. The van der Waals surface area contributed by atoms with E-state index >= 15 is 0 Å². The highest BCUT2D eigenvalue weighted by atomic mass is 35.5. The van der Waals surface area contributed by atoms with Gasteiger partial charge in [0.1, 0.15) is 0 Å². The van der Waals surface area contributed by atoms with Crippen LogP contribution in [0.15, 0.2) is 18.3 Å². The van der Waals surface area contributed by atoms with E-state index in [0.717, 1.165) is 0 Å². The Morgan fingerprint density at radius 3 is 2.56 bits per heavy atom. The number of nitrogens with zero attached hydrogens (tertiary/aromatic N) is 1. The van der Waals surface area contributed by atoms with Crippen molar-refractivity contribution in [3.8, 4) is 0 Å². The van der Waals surface area contributed by atoms with Gasteiger partial charge in [-0.15, -0.1) is 12.4 Å². The van der Waals surface area contributed by atoms with Gasteiger partial charge in [-0.3, -0.25) is 9.78 Å². The molecule has 102 valence electrons. The van der Waals surface area contributed by atoms with Crippen molar-refractivity contribution in [2.75, 3.05) is 12.3 Å². The van der Waals surface area contributed by atoms with Crippen LogP contribution in [0.25, 0.3) is 0 Å². The molecule has 1 aromatic rings.